The first-order chi connectivity index (χ1) is 31.6. The minimum Gasteiger partial charge on any atom is -0.432 e. The van der Waals surface area contributed by atoms with Gasteiger partial charge in [-0.25, -0.2) is 0 Å². The Balaban J connectivity index is -0.00000100. The van der Waals surface area contributed by atoms with Gasteiger partial charge in [0.05, 0.1) is 49.7 Å². The van der Waals surface area contributed by atoms with Crippen LogP contribution in [0.5, 0.6) is 0 Å². The monoisotopic (exact) mass is 991 g/mol. The Hall–Kier alpha value is -1.59. The van der Waals surface area contributed by atoms with E-state index in [1.165, 1.54) is 0 Å². The highest BCUT2D eigenvalue weighted by Crippen LogP contribution is 2.76. The molecule has 0 aromatic rings. The third-order valence-corrected chi connectivity index (χ3v) is 18.4. The first-order valence-corrected chi connectivity index (χ1v) is 23.8. The minimum atomic E-state index is -1.93. The molecule has 4 bridgehead atoms. The SMILES string of the molecule is C=C1CC23CC[C@@H]4[C@](C)(C(=O)OC5O[C@H](CO)[C@@H](O)[C@H](O)[C@H]5O)CCC[C@@]4(C)C2CC2O[C@@H]4O[C@H](CO)[C@@H](O)C(O[C@@H]5O[C@H](CO)[C@@H](O)[C@H](O)[C@H]5O)[C@H]4O[C@@H]4C[C@H](C(O)C12C3)[C@@H](O)[C@H](O)[C@H]4O.[HH].[HH].[HH].[HH].[HH].[HH].[HH].[HH].[HH].[HH].[HH].[HH].[HH].[HH]. The van der Waals surface area contributed by atoms with Gasteiger partial charge in [0.25, 0.3) is 0 Å². The summed E-state index contributed by atoms with van der Waals surface area (Å²) in [6.07, 6.45) is -30.5. The number of esters is 1. The second-order valence-electron chi connectivity index (χ2n) is 21.7. The fourth-order valence-corrected chi connectivity index (χ4v) is 14.9. The van der Waals surface area contributed by atoms with Crippen LogP contribution in [0.15, 0.2) is 12.2 Å². The van der Waals surface area contributed by atoms with Crippen molar-refractivity contribution in [3.8, 4) is 0 Å². The summed E-state index contributed by atoms with van der Waals surface area (Å²) in [5, 5.41) is 153. The Labute approximate surface area is 407 Å². The number of aliphatic hydroxyl groups is 14. The first kappa shape index (κ1) is 50.4. The molecule has 0 amide bonds. The Morgan fingerprint density at radius 1 is 0.672 bits per heavy atom. The number of hydrogen-bond donors (Lipinski definition) is 14. The van der Waals surface area contributed by atoms with Crippen LogP contribution in [0.1, 0.15) is 91.6 Å². The van der Waals surface area contributed by atoms with E-state index in [9.17, 15) is 76.3 Å². The number of fused-ring (bicyclic) bond motifs is 5. The second-order valence-corrected chi connectivity index (χ2v) is 21.7. The number of aliphatic hydroxyl groups excluding tert-OH is 14. The van der Waals surface area contributed by atoms with E-state index in [4.69, 9.17) is 33.2 Å². The third kappa shape index (κ3) is 7.62. The van der Waals surface area contributed by atoms with Crippen molar-refractivity contribution in [3.63, 3.8) is 0 Å². The molecule has 28 atom stereocenters. The zero-order valence-electron chi connectivity index (χ0n) is 37.6. The average molecular weight is 991 g/mol. The Bertz CT molecular complexity index is 1880. The fraction of sp³-hybridized carbons (Fsp3) is 0.933. The van der Waals surface area contributed by atoms with Crippen LogP contribution in [0.2, 0.25) is 0 Å². The molecule has 14 N–H and O–H groups in total. The van der Waals surface area contributed by atoms with E-state index in [2.05, 4.69) is 13.5 Å². The average Bonchev–Trinajstić information content (AvgIpc) is 3.55. The molecule has 410 valence electrons. The number of ether oxygens (including phenoxy) is 7. The highest BCUT2D eigenvalue weighted by Gasteiger charge is 2.74. The number of rotatable bonds is 7. The zero-order valence-corrected chi connectivity index (χ0v) is 37.6. The normalized spacial score (nSPS) is 57.6. The van der Waals surface area contributed by atoms with E-state index in [1.54, 1.807) is 6.92 Å². The second kappa shape index (κ2) is 18.2. The zero-order chi connectivity index (χ0) is 48.4. The molecule has 22 heteroatoms. The summed E-state index contributed by atoms with van der Waals surface area (Å²) in [7, 11) is 0. The van der Waals surface area contributed by atoms with Crippen LogP contribution < -0.4 is 0 Å². The summed E-state index contributed by atoms with van der Waals surface area (Å²) in [5.41, 5.74) is -3.01. The number of carbonyl (C=O) groups is 1. The van der Waals surface area contributed by atoms with Crippen molar-refractivity contribution in [3.05, 3.63) is 12.2 Å². The van der Waals surface area contributed by atoms with Gasteiger partial charge < -0.3 is 105 Å². The molecular formula is C45H98O22. The van der Waals surface area contributed by atoms with Gasteiger partial charge in [-0.15, -0.1) is 0 Å². The van der Waals surface area contributed by atoms with Crippen molar-refractivity contribution in [1.82, 2.24) is 0 Å². The van der Waals surface area contributed by atoms with Gasteiger partial charge >= 0.3 is 5.97 Å². The molecule has 67 heavy (non-hydrogen) atoms. The number of hydrogen-bond acceptors (Lipinski definition) is 22. The topological polar surface area (TPSA) is 365 Å². The van der Waals surface area contributed by atoms with E-state index < -0.39 is 182 Å². The molecule has 9 fully saturated rings. The molecule has 0 aromatic carbocycles. The molecule has 2 spiro atoms. The van der Waals surface area contributed by atoms with Gasteiger partial charge in [0, 0.05) is 31.3 Å². The van der Waals surface area contributed by atoms with E-state index in [0.29, 0.717) is 50.5 Å². The fourth-order valence-electron chi connectivity index (χ4n) is 14.9. The maximum atomic E-state index is 14.5. The molecule has 4 aliphatic heterocycles. The predicted molar refractivity (Wildman–Crippen MR) is 250 cm³/mol. The summed E-state index contributed by atoms with van der Waals surface area (Å²) in [4.78, 5) is 14.5. The molecule has 0 aromatic heterocycles. The molecule has 22 nitrogen and oxygen atoms in total. The van der Waals surface area contributed by atoms with Crippen LogP contribution in [-0.2, 0) is 38.0 Å². The largest absolute Gasteiger partial charge is 0.432 e. The van der Waals surface area contributed by atoms with Crippen molar-refractivity contribution >= 4 is 5.97 Å². The highest BCUT2D eigenvalue weighted by molar-refractivity contribution is 5.77. The summed E-state index contributed by atoms with van der Waals surface area (Å²) >= 11 is 0. The van der Waals surface area contributed by atoms with Gasteiger partial charge in [0.1, 0.15) is 85.5 Å². The van der Waals surface area contributed by atoms with E-state index in [0.717, 1.165) is 0 Å². The first-order valence-electron chi connectivity index (χ1n) is 23.8. The van der Waals surface area contributed by atoms with Crippen molar-refractivity contribution in [1.29, 1.82) is 0 Å². The lowest BCUT2D eigenvalue weighted by atomic mass is 9.39. The molecule has 9 aliphatic rings. The van der Waals surface area contributed by atoms with Crippen LogP contribution in [0.25, 0.3) is 0 Å². The molecule has 0 radical (unpaired) electrons. The molecule has 4 heterocycles. The van der Waals surface area contributed by atoms with Gasteiger partial charge in [-0.05, 0) is 81.0 Å². The lowest BCUT2D eigenvalue weighted by Gasteiger charge is -2.66. The van der Waals surface area contributed by atoms with Crippen LogP contribution in [-0.4, -0.2) is 226 Å². The van der Waals surface area contributed by atoms with Gasteiger partial charge in [0.15, 0.2) is 12.6 Å². The van der Waals surface area contributed by atoms with Crippen LogP contribution >= 0.6 is 0 Å². The Morgan fingerprint density at radius 2 is 1.27 bits per heavy atom. The third-order valence-electron chi connectivity index (χ3n) is 18.4. The van der Waals surface area contributed by atoms with Gasteiger partial charge in [-0.2, -0.15) is 0 Å². The van der Waals surface area contributed by atoms with Crippen molar-refractivity contribution in [2.45, 2.75) is 200 Å². The standard InChI is InChI=1S/C45H70O22.14H2/c1-16-11-44-8-5-22-42(2,6-4-7-43(22,3)41(60)67-39-34(58)32(56)28(52)20(13-47)63-39)23(44)10-24-45(16,15-44)37(59)17-9-18(26(50)30(54)25(17)49)61-36-35(29(53)21(14-48)64-40(36)65-24)66-38-33(57)31(55)27(51)19(12-46)62-38;;;;;;;;;;;;;;/h17-40,46-59H,1,4-15H2,2-3H3;14*1H/t17-,18+,19+,20+,21+,22-,23?,24?,25+,26-,27+,28+,29+,30-,31-,32-,33+,34+,35?,36+,37?,38-,39?,40-,42+,43+,44?,45?;;;;;;;;;;;;;;/m0............../s1. The van der Waals surface area contributed by atoms with Crippen molar-refractivity contribution < 1.29 is 129 Å². The number of carbonyl (C=O) groups excluding carboxylic acids is 1. The minimum absolute atomic E-state index is 0. The van der Waals surface area contributed by atoms with Gasteiger partial charge in [-0.1, -0.05) is 25.5 Å². The molecule has 5 aliphatic carbocycles. The lowest BCUT2D eigenvalue weighted by molar-refractivity contribution is -0.385. The summed E-state index contributed by atoms with van der Waals surface area (Å²) in [6, 6.07) is 0. The molecule has 4 saturated heterocycles. The van der Waals surface area contributed by atoms with E-state index in [1.807, 2.05) is 0 Å². The predicted octanol–water partition coefficient (Wildman–Crippen LogP) is -1.40. The molecule has 7 unspecified atom stereocenters. The quantitative estimate of drug-likeness (QED) is 0.0792. The maximum Gasteiger partial charge on any atom is 0.314 e. The summed E-state index contributed by atoms with van der Waals surface area (Å²) in [5.74, 6) is -2.39. The van der Waals surface area contributed by atoms with Gasteiger partial charge in [0.2, 0.25) is 6.29 Å². The Morgan fingerprint density at radius 3 is 1.91 bits per heavy atom. The van der Waals surface area contributed by atoms with Crippen LogP contribution in [0.3, 0.4) is 0 Å². The van der Waals surface area contributed by atoms with E-state index >= 15 is 0 Å². The van der Waals surface area contributed by atoms with Gasteiger partial charge in [-0.3, -0.25) is 4.79 Å². The van der Waals surface area contributed by atoms with E-state index in [-0.39, 0.29) is 44.7 Å². The van der Waals surface area contributed by atoms with Crippen molar-refractivity contribution in [2.24, 2.45) is 39.4 Å². The van der Waals surface area contributed by atoms with Crippen LogP contribution in [0.4, 0.5) is 0 Å². The summed E-state index contributed by atoms with van der Waals surface area (Å²) in [6.45, 7) is 6.19. The maximum absolute atomic E-state index is 14.5. The molecule has 9 rings (SSSR count). The highest BCUT2D eigenvalue weighted by atomic mass is 16.8. The Kier molecular flexibility index (Phi) is 13.7. The summed E-state index contributed by atoms with van der Waals surface area (Å²) < 4.78 is 43.0. The molecular weight excluding hydrogens is 892 g/mol. The lowest BCUT2D eigenvalue weighted by Crippen LogP contribution is -2.70. The van der Waals surface area contributed by atoms with Crippen LogP contribution in [0, 0.1) is 39.4 Å². The smallest absolute Gasteiger partial charge is 0.314 e. The van der Waals surface area contributed by atoms with Crippen molar-refractivity contribution in [2.75, 3.05) is 19.8 Å². The molecule has 5 saturated carbocycles.